The predicted molar refractivity (Wildman–Crippen MR) is 95.7 cm³/mol. The van der Waals surface area contributed by atoms with E-state index in [0.29, 0.717) is 32.6 Å². The zero-order chi connectivity index (χ0) is 16.8. The minimum absolute atomic E-state index is 0.0184. The number of carbonyl (C=O) groups excluding carboxylic acids is 1. The molecule has 2 atom stereocenters. The van der Waals surface area contributed by atoms with Crippen LogP contribution in [-0.4, -0.2) is 33.3 Å². The molecular formula is C18H19N3O2S. The lowest BCUT2D eigenvalue weighted by molar-refractivity contribution is 0.0628. The van der Waals surface area contributed by atoms with Crippen LogP contribution in [0.5, 0.6) is 0 Å². The van der Waals surface area contributed by atoms with Crippen molar-refractivity contribution in [1.82, 2.24) is 14.3 Å². The zero-order valence-electron chi connectivity index (χ0n) is 13.7. The number of thiophene rings is 1. The Bertz CT molecular complexity index is 981. The van der Waals surface area contributed by atoms with Crippen LogP contribution in [-0.2, 0) is 0 Å². The maximum absolute atomic E-state index is 12.9. The normalized spacial score (nSPS) is 21.5. The Morgan fingerprint density at radius 3 is 2.75 bits per heavy atom. The molecule has 1 aliphatic rings. The number of piperidine rings is 1. The molecule has 1 saturated heterocycles. The van der Waals surface area contributed by atoms with Gasteiger partial charge >= 0.3 is 0 Å². The van der Waals surface area contributed by atoms with Crippen molar-refractivity contribution < 1.29 is 4.79 Å². The van der Waals surface area contributed by atoms with Gasteiger partial charge < -0.3 is 4.90 Å². The second-order valence-electron chi connectivity index (χ2n) is 6.83. The second-order valence-corrected chi connectivity index (χ2v) is 7.86. The molecule has 5 nitrogen and oxygen atoms in total. The SMILES string of the molecule is C[C@@H]1C[C@@H](C)CN(C(=O)c2cc3c(=O)n4ccccc4nc3s2)C1. The second kappa shape index (κ2) is 5.70. The van der Waals surface area contributed by atoms with Crippen LogP contribution in [0.2, 0.25) is 0 Å². The third-order valence-corrected chi connectivity index (χ3v) is 5.60. The van der Waals surface area contributed by atoms with Crippen LogP contribution in [0.4, 0.5) is 0 Å². The number of likely N-dealkylation sites (tertiary alicyclic amines) is 1. The fourth-order valence-electron chi connectivity index (χ4n) is 3.64. The Morgan fingerprint density at radius 1 is 1.25 bits per heavy atom. The van der Waals surface area contributed by atoms with Crippen LogP contribution in [0.25, 0.3) is 15.9 Å². The van der Waals surface area contributed by atoms with Crippen LogP contribution >= 0.6 is 11.3 Å². The van der Waals surface area contributed by atoms with Gasteiger partial charge in [0.05, 0.1) is 10.3 Å². The van der Waals surface area contributed by atoms with Gasteiger partial charge in [0.2, 0.25) is 0 Å². The summed E-state index contributed by atoms with van der Waals surface area (Å²) in [5, 5.41) is 0.519. The lowest BCUT2D eigenvalue weighted by Crippen LogP contribution is -2.42. The molecule has 0 unspecified atom stereocenters. The van der Waals surface area contributed by atoms with Crippen molar-refractivity contribution in [3.8, 4) is 0 Å². The smallest absolute Gasteiger partial charge is 0.266 e. The van der Waals surface area contributed by atoms with Gasteiger partial charge in [-0.25, -0.2) is 4.98 Å². The highest BCUT2D eigenvalue weighted by Crippen LogP contribution is 2.27. The number of hydrogen-bond donors (Lipinski definition) is 0. The first-order chi connectivity index (χ1) is 11.5. The molecule has 0 N–H and O–H groups in total. The number of aromatic nitrogens is 2. The average Bonchev–Trinajstić information content (AvgIpc) is 2.98. The van der Waals surface area contributed by atoms with Gasteiger partial charge in [0.15, 0.2) is 0 Å². The fourth-order valence-corrected chi connectivity index (χ4v) is 4.64. The lowest BCUT2D eigenvalue weighted by Gasteiger charge is -2.34. The van der Waals surface area contributed by atoms with E-state index in [0.717, 1.165) is 19.5 Å². The molecule has 4 rings (SSSR count). The fraction of sp³-hybridized carbons (Fsp3) is 0.389. The van der Waals surface area contributed by atoms with Crippen molar-refractivity contribution in [2.75, 3.05) is 13.1 Å². The highest BCUT2D eigenvalue weighted by molar-refractivity contribution is 7.20. The molecule has 4 heterocycles. The first kappa shape index (κ1) is 15.3. The number of hydrogen-bond acceptors (Lipinski definition) is 4. The van der Waals surface area contributed by atoms with Crippen molar-refractivity contribution >= 4 is 33.1 Å². The molecule has 6 heteroatoms. The topological polar surface area (TPSA) is 54.7 Å². The van der Waals surface area contributed by atoms with Crippen molar-refractivity contribution in [3.63, 3.8) is 0 Å². The maximum Gasteiger partial charge on any atom is 0.266 e. The zero-order valence-corrected chi connectivity index (χ0v) is 14.5. The van der Waals surface area contributed by atoms with Crippen LogP contribution in [0.15, 0.2) is 35.3 Å². The van der Waals surface area contributed by atoms with E-state index >= 15 is 0 Å². The van der Waals surface area contributed by atoms with Gasteiger partial charge in [-0.3, -0.25) is 14.0 Å². The van der Waals surface area contributed by atoms with Crippen molar-refractivity contribution in [2.24, 2.45) is 11.8 Å². The van der Waals surface area contributed by atoms with Crippen LogP contribution in [0, 0.1) is 11.8 Å². The van der Waals surface area contributed by atoms with Gasteiger partial charge in [-0.15, -0.1) is 11.3 Å². The molecule has 1 amide bonds. The molecule has 124 valence electrons. The molecule has 0 aliphatic carbocycles. The molecule has 0 aromatic carbocycles. The van der Waals surface area contributed by atoms with Gasteiger partial charge in [-0.2, -0.15) is 0 Å². The largest absolute Gasteiger partial charge is 0.337 e. The number of carbonyl (C=O) groups is 1. The van der Waals surface area contributed by atoms with E-state index < -0.39 is 0 Å². The van der Waals surface area contributed by atoms with Gasteiger partial charge in [0, 0.05) is 19.3 Å². The summed E-state index contributed by atoms with van der Waals surface area (Å²) in [6.45, 7) is 5.93. The van der Waals surface area contributed by atoms with Crippen LogP contribution < -0.4 is 5.56 Å². The minimum Gasteiger partial charge on any atom is -0.337 e. The van der Waals surface area contributed by atoms with E-state index in [1.807, 2.05) is 11.0 Å². The summed E-state index contributed by atoms with van der Waals surface area (Å²) >= 11 is 1.31. The average molecular weight is 341 g/mol. The third kappa shape index (κ3) is 2.51. The molecular weight excluding hydrogens is 322 g/mol. The molecule has 24 heavy (non-hydrogen) atoms. The Morgan fingerprint density at radius 2 is 2.00 bits per heavy atom. The molecule has 3 aromatic heterocycles. The summed E-state index contributed by atoms with van der Waals surface area (Å²) in [6, 6.07) is 7.16. The van der Waals surface area contributed by atoms with Crippen LogP contribution in [0.3, 0.4) is 0 Å². The maximum atomic E-state index is 12.9. The number of amides is 1. The Kier molecular flexibility index (Phi) is 3.64. The number of rotatable bonds is 1. The summed E-state index contributed by atoms with van der Waals surface area (Å²) in [5.74, 6) is 1.04. The van der Waals surface area contributed by atoms with E-state index in [1.165, 1.54) is 15.7 Å². The predicted octanol–water partition coefficient (Wildman–Crippen LogP) is 3.03. The Hall–Kier alpha value is -2.21. The van der Waals surface area contributed by atoms with E-state index in [-0.39, 0.29) is 11.5 Å². The number of pyridine rings is 1. The van der Waals surface area contributed by atoms with E-state index in [9.17, 15) is 9.59 Å². The molecule has 3 aromatic rings. The summed E-state index contributed by atoms with van der Waals surface area (Å²) < 4.78 is 1.52. The molecule has 0 saturated carbocycles. The van der Waals surface area contributed by atoms with Gasteiger partial charge in [-0.1, -0.05) is 19.9 Å². The van der Waals surface area contributed by atoms with Gasteiger partial charge in [0.25, 0.3) is 11.5 Å². The third-order valence-electron chi connectivity index (χ3n) is 4.58. The van der Waals surface area contributed by atoms with Crippen LogP contribution in [0.1, 0.15) is 29.9 Å². The van der Waals surface area contributed by atoms with Crippen molar-refractivity contribution in [3.05, 3.63) is 45.7 Å². The number of nitrogens with zero attached hydrogens (tertiary/aromatic N) is 3. The van der Waals surface area contributed by atoms with E-state index in [1.54, 1.807) is 24.4 Å². The summed E-state index contributed by atoms with van der Waals surface area (Å²) in [7, 11) is 0. The van der Waals surface area contributed by atoms with E-state index in [2.05, 4.69) is 18.8 Å². The van der Waals surface area contributed by atoms with Gasteiger partial charge in [-0.05, 0) is 36.5 Å². The minimum atomic E-state index is -0.119. The lowest BCUT2D eigenvalue weighted by atomic mass is 9.92. The molecule has 0 spiro atoms. The summed E-state index contributed by atoms with van der Waals surface area (Å²) in [5.41, 5.74) is 0.488. The summed E-state index contributed by atoms with van der Waals surface area (Å²) in [4.78, 5) is 33.2. The quantitative estimate of drug-likeness (QED) is 0.684. The molecule has 0 bridgehead atoms. The van der Waals surface area contributed by atoms with Crippen molar-refractivity contribution in [2.45, 2.75) is 20.3 Å². The first-order valence-corrected chi connectivity index (χ1v) is 9.05. The monoisotopic (exact) mass is 341 g/mol. The van der Waals surface area contributed by atoms with Crippen molar-refractivity contribution in [1.29, 1.82) is 0 Å². The Balaban J connectivity index is 1.77. The Labute approximate surface area is 143 Å². The summed E-state index contributed by atoms with van der Waals surface area (Å²) in [6.07, 6.45) is 2.86. The standard InChI is InChI=1S/C18H19N3O2S/c1-11-7-12(2)10-20(9-11)18(23)14-8-13-16(24-14)19-15-5-3-4-6-21(15)17(13)22/h3-6,8,11-12H,7,9-10H2,1-2H3/t11-,12-/m1/s1. The van der Waals surface area contributed by atoms with E-state index in [4.69, 9.17) is 0 Å². The first-order valence-electron chi connectivity index (χ1n) is 8.23. The number of fused-ring (bicyclic) bond motifs is 2. The highest BCUT2D eigenvalue weighted by Gasteiger charge is 2.27. The molecule has 0 radical (unpaired) electrons. The molecule has 1 fully saturated rings. The van der Waals surface area contributed by atoms with Gasteiger partial charge in [0.1, 0.15) is 10.5 Å². The molecule has 1 aliphatic heterocycles. The highest BCUT2D eigenvalue weighted by atomic mass is 32.1.